The second-order valence-electron chi connectivity index (χ2n) is 9.48. The lowest BCUT2D eigenvalue weighted by molar-refractivity contribution is 1.77. The van der Waals surface area contributed by atoms with E-state index < -0.39 is 0 Å². The van der Waals surface area contributed by atoms with E-state index in [0.29, 0.717) is 0 Å². The van der Waals surface area contributed by atoms with E-state index in [1.807, 2.05) is 0 Å². The number of hydrogen-bond donors (Lipinski definition) is 0. The molecule has 36 heavy (non-hydrogen) atoms. The topological polar surface area (TPSA) is 0 Å². The molecule has 0 heterocycles. The molecule has 0 spiro atoms. The van der Waals surface area contributed by atoms with Crippen molar-refractivity contribution in [2.45, 2.75) is 0 Å². The summed E-state index contributed by atoms with van der Waals surface area (Å²) in [4.78, 5) is 0. The van der Waals surface area contributed by atoms with Gasteiger partial charge in [-0.25, -0.2) is 0 Å². The van der Waals surface area contributed by atoms with Gasteiger partial charge in [-0.2, -0.15) is 0 Å². The van der Waals surface area contributed by atoms with Crippen molar-refractivity contribution < 1.29 is 0 Å². The van der Waals surface area contributed by atoms with Crippen molar-refractivity contribution in [1.82, 2.24) is 0 Å². The lowest BCUT2D eigenvalue weighted by Gasteiger charge is -2.02. The van der Waals surface area contributed by atoms with Gasteiger partial charge in [0.15, 0.2) is 0 Å². The summed E-state index contributed by atoms with van der Waals surface area (Å²) in [5.74, 6) is 0. The minimum absolute atomic E-state index is 1.20. The van der Waals surface area contributed by atoms with Gasteiger partial charge in [0.05, 0.1) is 0 Å². The van der Waals surface area contributed by atoms with Gasteiger partial charge in [0, 0.05) is 0 Å². The first-order valence-electron chi connectivity index (χ1n) is 12.4. The molecule has 0 aliphatic rings. The van der Waals surface area contributed by atoms with E-state index in [4.69, 9.17) is 0 Å². The molecule has 6 bridgehead atoms. The molecule has 0 radical (unpaired) electrons. The molecule has 0 aromatic heterocycles. The van der Waals surface area contributed by atoms with Crippen LogP contribution in [0.25, 0.3) is 64.6 Å². The molecular formula is C36H24. The number of rotatable bonds is 0. The van der Waals surface area contributed by atoms with Crippen LogP contribution in [-0.4, -0.2) is 0 Å². The van der Waals surface area contributed by atoms with Crippen molar-refractivity contribution in [3.63, 3.8) is 0 Å². The molecule has 0 saturated heterocycles. The zero-order valence-electron chi connectivity index (χ0n) is 19.9. The molecule has 0 unspecified atom stereocenters. The van der Waals surface area contributed by atoms with Gasteiger partial charge in [-0.1, -0.05) is 127 Å². The molecule has 7 aromatic carbocycles. The minimum atomic E-state index is 1.20. The van der Waals surface area contributed by atoms with Crippen LogP contribution in [0, 0.1) is 0 Å². The predicted molar refractivity (Wildman–Crippen MR) is 158 cm³/mol. The number of benzene rings is 6. The van der Waals surface area contributed by atoms with Gasteiger partial charge in [0.25, 0.3) is 0 Å². The molecule has 0 nitrogen and oxygen atoms in total. The average molecular weight is 457 g/mol. The Morgan fingerprint density at radius 3 is 0.667 bits per heavy atom. The fourth-order valence-corrected chi connectivity index (χ4v) is 5.25. The van der Waals surface area contributed by atoms with Crippen LogP contribution in [0.1, 0.15) is 0 Å². The average Bonchev–Trinajstić information content (AvgIpc) is 2.93. The van der Waals surface area contributed by atoms with Crippen molar-refractivity contribution in [3.05, 3.63) is 146 Å². The van der Waals surface area contributed by atoms with Crippen LogP contribution in [0.5, 0.6) is 0 Å². The Bertz CT molecular complexity index is 1810. The summed E-state index contributed by atoms with van der Waals surface area (Å²) in [6.45, 7) is 0. The summed E-state index contributed by atoms with van der Waals surface area (Å²) in [5, 5.41) is 14.8. The molecule has 7 aromatic rings. The maximum absolute atomic E-state index is 2.30. The molecule has 7 rings (SSSR count). The zero-order chi connectivity index (χ0) is 23.9. The summed E-state index contributed by atoms with van der Waals surface area (Å²) in [5.41, 5.74) is 0. The molecule has 0 aliphatic heterocycles. The van der Waals surface area contributed by atoms with Gasteiger partial charge in [-0.3, -0.25) is 0 Å². The summed E-state index contributed by atoms with van der Waals surface area (Å²) in [6.07, 6.45) is 0. The molecule has 168 valence electrons. The van der Waals surface area contributed by atoms with E-state index in [1.54, 1.807) is 0 Å². The molecule has 0 amide bonds. The Morgan fingerprint density at radius 2 is 0.444 bits per heavy atom. The van der Waals surface area contributed by atoms with E-state index in [2.05, 4.69) is 146 Å². The quantitative estimate of drug-likeness (QED) is 0.213. The molecular weight excluding hydrogens is 432 g/mol. The molecule has 0 aliphatic carbocycles. The van der Waals surface area contributed by atoms with Crippen LogP contribution in [0.2, 0.25) is 0 Å². The van der Waals surface area contributed by atoms with Crippen LogP contribution in [-0.2, 0) is 0 Å². The van der Waals surface area contributed by atoms with Crippen molar-refractivity contribution in [3.8, 4) is 0 Å². The van der Waals surface area contributed by atoms with Crippen LogP contribution >= 0.6 is 0 Å². The lowest BCUT2D eigenvalue weighted by Crippen LogP contribution is -1.76. The van der Waals surface area contributed by atoms with Gasteiger partial charge < -0.3 is 0 Å². The summed E-state index contributed by atoms with van der Waals surface area (Å²) in [6, 6.07) is 53.2. The van der Waals surface area contributed by atoms with Crippen molar-refractivity contribution >= 4 is 64.6 Å². The normalized spacial score (nSPS) is 11.3. The fraction of sp³-hybridized carbons (Fsp3) is 0. The van der Waals surface area contributed by atoms with E-state index >= 15 is 0 Å². The fourth-order valence-electron chi connectivity index (χ4n) is 5.25. The smallest absolute Gasteiger partial charge is 0.0105 e. The third-order valence-electron chi connectivity index (χ3n) is 7.19. The van der Waals surface area contributed by atoms with Crippen LogP contribution < -0.4 is 0 Å². The second-order valence-corrected chi connectivity index (χ2v) is 9.48. The second kappa shape index (κ2) is 8.52. The van der Waals surface area contributed by atoms with E-state index in [9.17, 15) is 0 Å². The third-order valence-corrected chi connectivity index (χ3v) is 7.19. The van der Waals surface area contributed by atoms with Crippen molar-refractivity contribution in [2.75, 3.05) is 0 Å². The molecule has 0 heteroatoms. The van der Waals surface area contributed by atoms with Gasteiger partial charge >= 0.3 is 0 Å². The molecule has 0 saturated carbocycles. The van der Waals surface area contributed by atoms with Crippen LogP contribution in [0.3, 0.4) is 0 Å². The van der Waals surface area contributed by atoms with Gasteiger partial charge in [0.1, 0.15) is 0 Å². The lowest BCUT2D eigenvalue weighted by atomic mass is 10.0. The van der Waals surface area contributed by atoms with E-state index in [1.165, 1.54) is 64.6 Å². The molecule has 0 fully saturated rings. The first-order valence-corrected chi connectivity index (χ1v) is 12.4. The van der Waals surface area contributed by atoms with E-state index in [-0.39, 0.29) is 0 Å². The number of hydrogen-bond acceptors (Lipinski definition) is 0. The summed E-state index contributed by atoms with van der Waals surface area (Å²) >= 11 is 0. The highest BCUT2D eigenvalue weighted by Gasteiger charge is 1.99. The Morgan fingerprint density at radius 1 is 0.222 bits per heavy atom. The Hall–Kier alpha value is -4.68. The predicted octanol–water partition coefficient (Wildman–Crippen LogP) is 10.3. The first-order chi connectivity index (χ1) is 17.8. The van der Waals surface area contributed by atoms with Crippen LogP contribution in [0.4, 0.5) is 0 Å². The van der Waals surface area contributed by atoms with Gasteiger partial charge in [0.2, 0.25) is 0 Å². The Labute approximate surface area is 210 Å². The van der Waals surface area contributed by atoms with Gasteiger partial charge in [-0.05, 0) is 82.8 Å². The Balaban J connectivity index is 1.65. The van der Waals surface area contributed by atoms with Gasteiger partial charge in [-0.15, -0.1) is 0 Å². The van der Waals surface area contributed by atoms with Crippen molar-refractivity contribution in [2.24, 2.45) is 0 Å². The summed E-state index contributed by atoms with van der Waals surface area (Å²) in [7, 11) is 0. The van der Waals surface area contributed by atoms with E-state index in [0.717, 1.165) is 0 Å². The molecule has 0 N–H and O–H groups in total. The number of fused-ring (bicyclic) bond motifs is 3. The first kappa shape index (κ1) is 20.7. The maximum atomic E-state index is 2.30. The highest BCUT2D eigenvalue weighted by Crippen LogP contribution is 2.26. The maximum Gasteiger partial charge on any atom is -0.0105 e. The highest BCUT2D eigenvalue weighted by atomic mass is 14.0. The third kappa shape index (κ3) is 3.74. The molecule has 0 atom stereocenters. The van der Waals surface area contributed by atoms with Crippen molar-refractivity contribution in [1.29, 1.82) is 0 Å². The Kier molecular flexibility index (Phi) is 4.89. The minimum Gasteiger partial charge on any atom is -0.0610 e. The summed E-state index contributed by atoms with van der Waals surface area (Å²) < 4.78 is 0. The zero-order valence-corrected chi connectivity index (χ0v) is 19.9. The monoisotopic (exact) mass is 456 g/mol. The standard InChI is InChI=1S/C36H24/c1-4-28-16-10-25-14-20-32-8-3-6-30-18-12-27(24-36(30)32)15-21-33-9-2-5-29-17-11-26(23-35(29)33)13-19-31(7-1)34(28)22-25/h1-24H. The highest BCUT2D eigenvalue weighted by molar-refractivity contribution is 6.03. The SMILES string of the molecule is c1cc2ccc3ccc4cccc5ccc(ccc6cccc7ccc(ccc(c1)c2c3)cc76)cc54. The van der Waals surface area contributed by atoms with Crippen LogP contribution in [0.15, 0.2) is 146 Å². The largest absolute Gasteiger partial charge is 0.0610 e.